The maximum atomic E-state index is 12.3. The quantitative estimate of drug-likeness (QED) is 0.239. The van der Waals surface area contributed by atoms with Crippen molar-refractivity contribution in [2.75, 3.05) is 12.9 Å². The zero-order valence-corrected chi connectivity index (χ0v) is 19.1. The number of carbonyl (C=O) groups excluding carboxylic acids is 1. The molecule has 0 bridgehead atoms. The monoisotopic (exact) mass is 457 g/mol. The number of aromatic nitrogens is 3. The Labute approximate surface area is 196 Å². The number of aryl methyl sites for hydroxylation is 1. The zero-order valence-electron chi connectivity index (χ0n) is 18.3. The Morgan fingerprint density at radius 3 is 2.45 bits per heavy atom. The number of hydrogen-bond acceptors (Lipinski definition) is 6. The second-order valence-electron chi connectivity index (χ2n) is 7.20. The van der Waals surface area contributed by atoms with Gasteiger partial charge < -0.3 is 4.74 Å². The molecular formula is C25H23N5O2S. The van der Waals surface area contributed by atoms with Gasteiger partial charge in [0.15, 0.2) is 11.0 Å². The maximum absolute atomic E-state index is 12.3. The van der Waals surface area contributed by atoms with Crippen LogP contribution in [-0.4, -0.2) is 39.7 Å². The van der Waals surface area contributed by atoms with Crippen molar-refractivity contribution in [2.45, 2.75) is 12.1 Å². The highest BCUT2D eigenvalue weighted by Gasteiger charge is 2.17. The number of carbonyl (C=O) groups is 1. The molecule has 0 aliphatic rings. The molecule has 166 valence electrons. The number of methoxy groups -OCH3 is 1. The molecule has 0 saturated heterocycles. The molecule has 1 amide bonds. The lowest BCUT2D eigenvalue weighted by Gasteiger charge is -2.10. The molecule has 1 heterocycles. The molecule has 0 unspecified atom stereocenters. The Bertz CT molecular complexity index is 1240. The molecule has 3 aromatic carbocycles. The minimum absolute atomic E-state index is 0.152. The summed E-state index contributed by atoms with van der Waals surface area (Å²) < 4.78 is 7.09. The van der Waals surface area contributed by atoms with Crippen LogP contribution in [0.5, 0.6) is 5.75 Å². The molecule has 0 atom stereocenters. The van der Waals surface area contributed by atoms with Gasteiger partial charge in [0.05, 0.1) is 19.1 Å². The third kappa shape index (κ3) is 5.67. The van der Waals surface area contributed by atoms with E-state index in [2.05, 4.69) is 20.7 Å². The average Bonchev–Trinajstić information content (AvgIpc) is 3.28. The summed E-state index contributed by atoms with van der Waals surface area (Å²) in [4.78, 5) is 12.3. The summed E-state index contributed by atoms with van der Waals surface area (Å²) in [5.41, 5.74) is 6.47. The molecule has 0 saturated carbocycles. The molecule has 0 aliphatic heterocycles. The summed E-state index contributed by atoms with van der Waals surface area (Å²) in [5.74, 6) is 1.41. The van der Waals surface area contributed by atoms with Crippen molar-refractivity contribution < 1.29 is 9.53 Å². The van der Waals surface area contributed by atoms with Crippen molar-refractivity contribution in [1.82, 2.24) is 20.2 Å². The lowest BCUT2D eigenvalue weighted by molar-refractivity contribution is -0.118. The van der Waals surface area contributed by atoms with Gasteiger partial charge in [-0.2, -0.15) is 5.10 Å². The smallest absolute Gasteiger partial charge is 0.250 e. The molecule has 4 aromatic rings. The van der Waals surface area contributed by atoms with Gasteiger partial charge in [0.25, 0.3) is 5.91 Å². The van der Waals surface area contributed by atoms with E-state index in [1.165, 1.54) is 17.3 Å². The fourth-order valence-electron chi connectivity index (χ4n) is 3.09. The van der Waals surface area contributed by atoms with E-state index in [0.717, 1.165) is 28.4 Å². The normalized spacial score (nSPS) is 11.0. The van der Waals surface area contributed by atoms with Crippen LogP contribution in [0.3, 0.4) is 0 Å². The van der Waals surface area contributed by atoms with Crippen molar-refractivity contribution in [3.63, 3.8) is 0 Å². The van der Waals surface area contributed by atoms with Gasteiger partial charge in [0.1, 0.15) is 5.75 Å². The Balaban J connectivity index is 1.46. The Kier molecular flexibility index (Phi) is 7.16. The van der Waals surface area contributed by atoms with Crippen LogP contribution < -0.4 is 10.2 Å². The number of hydrazone groups is 1. The predicted octanol–water partition coefficient (Wildman–Crippen LogP) is 4.49. The van der Waals surface area contributed by atoms with Crippen molar-refractivity contribution in [3.8, 4) is 22.8 Å². The molecule has 0 spiro atoms. The molecule has 33 heavy (non-hydrogen) atoms. The number of nitrogens with zero attached hydrogens (tertiary/aromatic N) is 4. The van der Waals surface area contributed by atoms with E-state index in [0.29, 0.717) is 5.16 Å². The lowest BCUT2D eigenvalue weighted by Crippen LogP contribution is -2.20. The van der Waals surface area contributed by atoms with Crippen LogP contribution in [0.1, 0.15) is 11.1 Å². The minimum atomic E-state index is -0.232. The van der Waals surface area contributed by atoms with Gasteiger partial charge in [-0.05, 0) is 48.9 Å². The first-order chi connectivity index (χ1) is 16.1. The summed E-state index contributed by atoms with van der Waals surface area (Å²) in [6.45, 7) is 2.04. The first kappa shape index (κ1) is 22.3. The Morgan fingerprint density at radius 2 is 1.76 bits per heavy atom. The van der Waals surface area contributed by atoms with Gasteiger partial charge in [-0.1, -0.05) is 59.8 Å². The number of benzene rings is 3. The summed E-state index contributed by atoms with van der Waals surface area (Å²) in [6, 6.07) is 25.4. The fraction of sp³-hybridized carbons (Fsp3) is 0.120. The highest BCUT2D eigenvalue weighted by molar-refractivity contribution is 7.99. The van der Waals surface area contributed by atoms with Gasteiger partial charge in [-0.3, -0.25) is 9.36 Å². The first-order valence-electron chi connectivity index (χ1n) is 10.3. The SMILES string of the molecule is COc1ccc(/C=N/NC(=O)CSc2nnc(-c3ccc(C)cc3)n2-c2ccccc2)cc1. The molecular weight excluding hydrogens is 434 g/mol. The molecule has 1 N–H and O–H groups in total. The van der Waals surface area contributed by atoms with E-state index in [1.807, 2.05) is 90.4 Å². The van der Waals surface area contributed by atoms with E-state index < -0.39 is 0 Å². The van der Waals surface area contributed by atoms with Gasteiger partial charge >= 0.3 is 0 Å². The first-order valence-corrected chi connectivity index (χ1v) is 11.3. The maximum Gasteiger partial charge on any atom is 0.250 e. The van der Waals surface area contributed by atoms with E-state index >= 15 is 0 Å². The number of hydrogen-bond donors (Lipinski definition) is 1. The number of amides is 1. The number of rotatable bonds is 8. The second kappa shape index (κ2) is 10.6. The molecule has 7 nitrogen and oxygen atoms in total. The van der Waals surface area contributed by atoms with Crippen LogP contribution in [0.25, 0.3) is 17.1 Å². The van der Waals surface area contributed by atoms with Crippen molar-refractivity contribution in [1.29, 1.82) is 0 Å². The zero-order chi connectivity index (χ0) is 23.0. The topological polar surface area (TPSA) is 81.4 Å². The van der Waals surface area contributed by atoms with Crippen molar-refractivity contribution in [2.24, 2.45) is 5.10 Å². The minimum Gasteiger partial charge on any atom is -0.497 e. The largest absolute Gasteiger partial charge is 0.497 e. The lowest BCUT2D eigenvalue weighted by atomic mass is 10.1. The Hall–Kier alpha value is -3.91. The molecule has 0 aliphatic carbocycles. The predicted molar refractivity (Wildman–Crippen MR) is 131 cm³/mol. The highest BCUT2D eigenvalue weighted by Crippen LogP contribution is 2.28. The second-order valence-corrected chi connectivity index (χ2v) is 8.14. The summed E-state index contributed by atoms with van der Waals surface area (Å²) in [5, 5.41) is 13.4. The molecule has 4 rings (SSSR count). The van der Waals surface area contributed by atoms with Crippen LogP contribution in [0.2, 0.25) is 0 Å². The molecule has 0 radical (unpaired) electrons. The third-order valence-corrected chi connectivity index (χ3v) is 5.74. The Morgan fingerprint density at radius 1 is 1.03 bits per heavy atom. The summed E-state index contributed by atoms with van der Waals surface area (Å²) in [7, 11) is 1.61. The number of nitrogens with one attached hydrogen (secondary N) is 1. The van der Waals surface area contributed by atoms with Crippen LogP contribution in [0, 0.1) is 6.92 Å². The van der Waals surface area contributed by atoms with Crippen LogP contribution in [-0.2, 0) is 4.79 Å². The fourth-order valence-corrected chi connectivity index (χ4v) is 3.84. The van der Waals surface area contributed by atoms with Gasteiger partial charge in [0.2, 0.25) is 0 Å². The number of para-hydroxylation sites is 1. The van der Waals surface area contributed by atoms with Gasteiger partial charge in [0, 0.05) is 11.3 Å². The van der Waals surface area contributed by atoms with Crippen LogP contribution in [0.15, 0.2) is 89.1 Å². The summed E-state index contributed by atoms with van der Waals surface area (Å²) in [6.07, 6.45) is 1.59. The summed E-state index contributed by atoms with van der Waals surface area (Å²) >= 11 is 1.31. The number of ether oxygens (including phenoxy) is 1. The van der Waals surface area contributed by atoms with Crippen LogP contribution >= 0.6 is 11.8 Å². The third-order valence-electron chi connectivity index (χ3n) is 4.81. The molecule has 1 aromatic heterocycles. The molecule has 0 fully saturated rings. The van der Waals surface area contributed by atoms with E-state index in [-0.39, 0.29) is 11.7 Å². The standard InChI is InChI=1S/C25H23N5O2S/c1-18-8-12-20(13-9-18)24-28-29-25(30(24)21-6-4-3-5-7-21)33-17-23(31)27-26-16-19-10-14-22(32-2)15-11-19/h3-16H,17H2,1-2H3,(H,27,31)/b26-16+. The van der Waals surface area contributed by atoms with Gasteiger partial charge in [-0.15, -0.1) is 10.2 Å². The van der Waals surface area contributed by atoms with Crippen LogP contribution in [0.4, 0.5) is 0 Å². The average molecular weight is 458 g/mol. The van der Waals surface area contributed by atoms with Crippen molar-refractivity contribution in [3.05, 3.63) is 90.0 Å². The van der Waals surface area contributed by atoms with E-state index in [9.17, 15) is 4.79 Å². The molecule has 8 heteroatoms. The highest BCUT2D eigenvalue weighted by atomic mass is 32.2. The van der Waals surface area contributed by atoms with Gasteiger partial charge in [-0.25, -0.2) is 5.43 Å². The van der Waals surface area contributed by atoms with Crippen molar-refractivity contribution >= 4 is 23.9 Å². The van der Waals surface area contributed by atoms with E-state index in [4.69, 9.17) is 4.74 Å². The van der Waals surface area contributed by atoms with E-state index in [1.54, 1.807) is 13.3 Å². The number of thioether (sulfide) groups is 1.